The Morgan fingerprint density at radius 1 is 1.14 bits per heavy atom. The van der Waals surface area contributed by atoms with Crippen molar-refractivity contribution in [3.05, 3.63) is 23.8 Å². The van der Waals surface area contributed by atoms with Crippen molar-refractivity contribution >= 4 is 5.78 Å². The number of hydrogen-bond donors (Lipinski definition) is 0. The van der Waals surface area contributed by atoms with Crippen molar-refractivity contribution < 1.29 is 14.3 Å². The van der Waals surface area contributed by atoms with E-state index in [0.717, 1.165) is 24.8 Å². The van der Waals surface area contributed by atoms with Crippen LogP contribution < -0.4 is 0 Å². The molecule has 0 amide bonds. The maximum Gasteiger partial charge on any atom is 0.169 e. The van der Waals surface area contributed by atoms with Crippen molar-refractivity contribution in [1.82, 2.24) is 0 Å². The largest absolute Gasteiger partial charge is 0.346 e. The smallest absolute Gasteiger partial charge is 0.169 e. The molecule has 2 aliphatic heterocycles. The molecule has 0 aromatic heterocycles. The summed E-state index contributed by atoms with van der Waals surface area (Å²) in [5, 5.41) is 0. The first-order valence-corrected chi connectivity index (χ1v) is 11.6. The number of rotatable bonds is 9. The summed E-state index contributed by atoms with van der Waals surface area (Å²) in [6.07, 6.45) is 17.1. The first kappa shape index (κ1) is 23.3. The van der Waals surface area contributed by atoms with E-state index in [0.29, 0.717) is 30.8 Å². The molecular formula is C25H42O3. The van der Waals surface area contributed by atoms with Gasteiger partial charge >= 0.3 is 0 Å². The van der Waals surface area contributed by atoms with Gasteiger partial charge in [0.05, 0.1) is 12.2 Å². The highest BCUT2D eigenvalue weighted by Crippen LogP contribution is 2.44. The molecule has 0 N–H and O–H groups in total. The number of Topliss-reactive ketones (excluding diaryl/α,β-unsaturated/α-hetero) is 1. The molecule has 0 radical (unpaired) electrons. The summed E-state index contributed by atoms with van der Waals surface area (Å²) in [6, 6.07) is 0. The fourth-order valence-corrected chi connectivity index (χ4v) is 4.52. The monoisotopic (exact) mass is 390 g/mol. The molecule has 2 aliphatic rings. The molecule has 0 aliphatic carbocycles. The minimum atomic E-state index is -0.388. The van der Waals surface area contributed by atoms with Gasteiger partial charge in [0.25, 0.3) is 0 Å². The summed E-state index contributed by atoms with van der Waals surface area (Å²) in [5.41, 5.74) is 1.14. The van der Waals surface area contributed by atoms with E-state index in [2.05, 4.69) is 39.8 Å². The van der Waals surface area contributed by atoms with Crippen molar-refractivity contribution in [3.63, 3.8) is 0 Å². The molecule has 28 heavy (non-hydrogen) atoms. The van der Waals surface area contributed by atoms with Gasteiger partial charge in [-0.05, 0) is 44.4 Å². The lowest BCUT2D eigenvalue weighted by Crippen LogP contribution is -2.51. The second-order valence-corrected chi connectivity index (χ2v) is 8.92. The summed E-state index contributed by atoms with van der Waals surface area (Å²) in [7, 11) is 0. The number of carbonyl (C=O) groups excluding carboxylic acids is 1. The first-order chi connectivity index (χ1) is 13.4. The van der Waals surface area contributed by atoms with Crippen LogP contribution in [0.15, 0.2) is 23.8 Å². The average Bonchev–Trinajstić information content (AvgIpc) is 2.71. The zero-order valence-electron chi connectivity index (χ0n) is 18.8. The maximum absolute atomic E-state index is 11.6. The molecule has 2 fully saturated rings. The van der Waals surface area contributed by atoms with Crippen LogP contribution in [0.2, 0.25) is 0 Å². The van der Waals surface area contributed by atoms with Gasteiger partial charge in [-0.2, -0.15) is 0 Å². The Balaban J connectivity index is 2.09. The van der Waals surface area contributed by atoms with Crippen LogP contribution in [0.5, 0.6) is 0 Å². The summed E-state index contributed by atoms with van der Waals surface area (Å²) < 4.78 is 13.2. The standard InChI is InChI=1S/C25H42O3/c1-6-9-10-21-16-18-25(17-15-20(5)23(8-3)27-25)28-24(21)14-12-19(4)11-13-22(26)7-2/h11-12,14,20-21,23-24H,6-10,13,15-18H2,1-5H3/b14-12+,19-11+/t20?,21?,23?,24?,25-/m1/s1. The van der Waals surface area contributed by atoms with Crippen molar-refractivity contribution in [1.29, 1.82) is 0 Å². The van der Waals surface area contributed by atoms with Gasteiger partial charge in [-0.25, -0.2) is 0 Å². The number of hydrogen-bond acceptors (Lipinski definition) is 3. The molecular weight excluding hydrogens is 348 g/mol. The highest BCUT2D eigenvalue weighted by Gasteiger charge is 2.46. The lowest BCUT2D eigenvalue weighted by Gasteiger charge is -2.49. The molecule has 3 heteroatoms. The van der Waals surface area contributed by atoms with Gasteiger partial charge in [0, 0.05) is 25.7 Å². The fourth-order valence-electron chi connectivity index (χ4n) is 4.52. The van der Waals surface area contributed by atoms with E-state index in [4.69, 9.17) is 9.47 Å². The number of unbranched alkanes of at least 4 members (excludes halogenated alkanes) is 1. The minimum absolute atomic E-state index is 0.108. The Labute approximate surface area is 172 Å². The third-order valence-corrected chi connectivity index (χ3v) is 6.62. The summed E-state index contributed by atoms with van der Waals surface area (Å²) in [4.78, 5) is 11.6. The summed E-state index contributed by atoms with van der Waals surface area (Å²) in [5.74, 6) is 1.08. The molecule has 5 atom stereocenters. The van der Waals surface area contributed by atoms with E-state index in [9.17, 15) is 4.79 Å². The average molecular weight is 391 g/mol. The van der Waals surface area contributed by atoms with Crippen molar-refractivity contribution in [2.45, 2.75) is 117 Å². The van der Waals surface area contributed by atoms with E-state index < -0.39 is 0 Å². The van der Waals surface area contributed by atoms with E-state index in [1.165, 1.54) is 32.1 Å². The zero-order valence-corrected chi connectivity index (χ0v) is 18.8. The normalized spacial score (nSPS) is 34.2. The van der Waals surface area contributed by atoms with Gasteiger partial charge in [-0.15, -0.1) is 0 Å². The van der Waals surface area contributed by atoms with Gasteiger partial charge in [0.1, 0.15) is 5.78 Å². The molecule has 0 bridgehead atoms. The summed E-state index contributed by atoms with van der Waals surface area (Å²) >= 11 is 0. The number of ketones is 1. The third kappa shape index (κ3) is 6.56. The highest BCUT2D eigenvalue weighted by molar-refractivity contribution is 5.79. The topological polar surface area (TPSA) is 35.5 Å². The molecule has 2 heterocycles. The molecule has 1 spiro atoms. The first-order valence-electron chi connectivity index (χ1n) is 11.6. The Bertz CT molecular complexity index is 550. The van der Waals surface area contributed by atoms with E-state index in [1.807, 2.05) is 13.0 Å². The second-order valence-electron chi connectivity index (χ2n) is 8.92. The molecule has 3 nitrogen and oxygen atoms in total. The van der Waals surface area contributed by atoms with Crippen LogP contribution in [0.4, 0.5) is 0 Å². The number of carbonyl (C=O) groups is 1. The van der Waals surface area contributed by atoms with Crippen LogP contribution in [0.1, 0.15) is 98.8 Å². The minimum Gasteiger partial charge on any atom is -0.346 e. The lowest BCUT2D eigenvalue weighted by atomic mass is 9.81. The van der Waals surface area contributed by atoms with Crippen LogP contribution >= 0.6 is 0 Å². The number of ether oxygens (including phenoxy) is 2. The van der Waals surface area contributed by atoms with Crippen molar-refractivity contribution in [3.8, 4) is 0 Å². The van der Waals surface area contributed by atoms with Crippen LogP contribution in [0, 0.1) is 11.8 Å². The second kappa shape index (κ2) is 11.3. The van der Waals surface area contributed by atoms with Crippen LogP contribution in [-0.2, 0) is 14.3 Å². The Hall–Kier alpha value is -0.930. The molecule has 0 aromatic carbocycles. The Morgan fingerprint density at radius 3 is 2.57 bits per heavy atom. The molecule has 2 rings (SSSR count). The third-order valence-electron chi connectivity index (χ3n) is 6.62. The van der Waals surface area contributed by atoms with Gasteiger partial charge in [-0.3, -0.25) is 4.79 Å². The lowest BCUT2D eigenvalue weighted by molar-refractivity contribution is -0.325. The Kier molecular flexibility index (Phi) is 9.43. The van der Waals surface area contributed by atoms with Gasteiger partial charge in [0.2, 0.25) is 0 Å². The molecule has 0 aromatic rings. The number of allylic oxidation sites excluding steroid dienone is 3. The van der Waals surface area contributed by atoms with Gasteiger partial charge < -0.3 is 9.47 Å². The summed E-state index contributed by atoms with van der Waals surface area (Å²) in [6.45, 7) is 10.8. The predicted octanol–water partition coefficient (Wildman–Crippen LogP) is 6.76. The maximum atomic E-state index is 11.6. The van der Waals surface area contributed by atoms with Crippen molar-refractivity contribution in [2.24, 2.45) is 11.8 Å². The Morgan fingerprint density at radius 2 is 1.89 bits per heavy atom. The molecule has 2 saturated heterocycles. The zero-order chi connectivity index (χ0) is 20.6. The molecule has 4 unspecified atom stereocenters. The van der Waals surface area contributed by atoms with Crippen LogP contribution in [0.3, 0.4) is 0 Å². The van der Waals surface area contributed by atoms with Crippen LogP contribution in [-0.4, -0.2) is 23.8 Å². The molecule has 160 valence electrons. The SMILES string of the molecule is CCCCC1CC[C@@]2(CCC(C)C(CC)O2)OC1/C=C/C(C)=C/CC(=O)CC. The van der Waals surface area contributed by atoms with E-state index in [-0.39, 0.29) is 17.7 Å². The van der Waals surface area contributed by atoms with E-state index >= 15 is 0 Å². The predicted molar refractivity (Wildman–Crippen MR) is 116 cm³/mol. The van der Waals surface area contributed by atoms with Gasteiger partial charge in [-0.1, -0.05) is 64.3 Å². The van der Waals surface area contributed by atoms with Crippen LogP contribution in [0.25, 0.3) is 0 Å². The van der Waals surface area contributed by atoms with Crippen molar-refractivity contribution in [2.75, 3.05) is 0 Å². The highest BCUT2D eigenvalue weighted by atomic mass is 16.7. The fraction of sp³-hybridized carbons (Fsp3) is 0.800. The van der Waals surface area contributed by atoms with Gasteiger partial charge in [0.15, 0.2) is 5.79 Å². The molecule has 0 saturated carbocycles. The quantitative estimate of drug-likeness (QED) is 0.408. The van der Waals surface area contributed by atoms with E-state index in [1.54, 1.807) is 0 Å².